The van der Waals surface area contributed by atoms with Gasteiger partial charge in [-0.3, -0.25) is 9.59 Å². The lowest BCUT2D eigenvalue weighted by Gasteiger charge is -2.05. The molecule has 2 N–H and O–H groups in total. The van der Waals surface area contributed by atoms with Crippen LogP contribution in [0.1, 0.15) is 27.2 Å². The summed E-state index contributed by atoms with van der Waals surface area (Å²) in [6.07, 6.45) is 0.464. The van der Waals surface area contributed by atoms with E-state index in [2.05, 4.69) is 15.4 Å². The largest absolute Gasteiger partial charge is 0.375 e. The number of methoxy groups -OCH3 is 1. The van der Waals surface area contributed by atoms with Crippen LogP contribution >= 0.6 is 0 Å². The Labute approximate surface area is 91.6 Å². The van der Waals surface area contributed by atoms with Crippen LogP contribution in [0.15, 0.2) is 0 Å². The fraction of sp³-hybridized carbons (Fsp3) is 0.800. The number of amides is 2. The molecule has 0 aliphatic carbocycles. The number of hydrogen-bond acceptors (Lipinski definition) is 3. The van der Waals surface area contributed by atoms with Gasteiger partial charge in [0.2, 0.25) is 11.8 Å². The molecular formula is C10H22N2O3. The van der Waals surface area contributed by atoms with Gasteiger partial charge in [-0.1, -0.05) is 20.8 Å². The van der Waals surface area contributed by atoms with Crippen LogP contribution in [0.3, 0.4) is 0 Å². The second-order valence-electron chi connectivity index (χ2n) is 2.49. The van der Waals surface area contributed by atoms with Crippen LogP contribution in [0.4, 0.5) is 0 Å². The zero-order valence-corrected chi connectivity index (χ0v) is 10.1. The van der Waals surface area contributed by atoms with Gasteiger partial charge in [0.15, 0.2) is 0 Å². The van der Waals surface area contributed by atoms with E-state index in [1.54, 1.807) is 6.92 Å². The minimum Gasteiger partial charge on any atom is -0.375 e. The van der Waals surface area contributed by atoms with Crippen molar-refractivity contribution in [2.45, 2.75) is 27.2 Å². The smallest absolute Gasteiger partial charge is 0.246 e. The maximum Gasteiger partial charge on any atom is 0.246 e. The topological polar surface area (TPSA) is 67.4 Å². The van der Waals surface area contributed by atoms with Gasteiger partial charge in [0.1, 0.15) is 6.61 Å². The summed E-state index contributed by atoms with van der Waals surface area (Å²) in [5.74, 6) is -0.186. The predicted molar refractivity (Wildman–Crippen MR) is 59.5 cm³/mol. The van der Waals surface area contributed by atoms with Gasteiger partial charge in [0.25, 0.3) is 0 Å². The van der Waals surface area contributed by atoms with Crippen LogP contribution in [0, 0.1) is 0 Å². The van der Waals surface area contributed by atoms with Crippen molar-refractivity contribution >= 4 is 11.8 Å². The molecule has 5 nitrogen and oxygen atoms in total. The fourth-order valence-corrected chi connectivity index (χ4v) is 0.711. The lowest BCUT2D eigenvalue weighted by molar-refractivity contribution is -0.125. The van der Waals surface area contributed by atoms with E-state index in [-0.39, 0.29) is 18.4 Å². The van der Waals surface area contributed by atoms with Crippen molar-refractivity contribution in [1.82, 2.24) is 10.6 Å². The first-order valence-electron chi connectivity index (χ1n) is 5.23. The molecule has 0 unspecified atom stereocenters. The summed E-state index contributed by atoms with van der Waals surface area (Å²) in [7, 11) is 1.46. The number of nitrogens with one attached hydrogen (secondary N) is 2. The van der Waals surface area contributed by atoms with Crippen molar-refractivity contribution in [3.63, 3.8) is 0 Å². The zero-order valence-electron chi connectivity index (χ0n) is 10.1. The molecule has 0 rings (SSSR count). The third kappa shape index (κ3) is 12.9. The van der Waals surface area contributed by atoms with E-state index in [1.165, 1.54) is 7.11 Å². The molecule has 5 heteroatoms. The molecule has 0 saturated carbocycles. The van der Waals surface area contributed by atoms with Crippen LogP contribution in [-0.2, 0) is 14.3 Å². The van der Waals surface area contributed by atoms with Gasteiger partial charge >= 0.3 is 0 Å². The van der Waals surface area contributed by atoms with E-state index in [0.29, 0.717) is 19.5 Å². The highest BCUT2D eigenvalue weighted by molar-refractivity contribution is 5.77. The van der Waals surface area contributed by atoms with Gasteiger partial charge in [-0.25, -0.2) is 0 Å². The molecule has 0 heterocycles. The van der Waals surface area contributed by atoms with Crippen molar-refractivity contribution in [2.75, 3.05) is 26.8 Å². The van der Waals surface area contributed by atoms with Gasteiger partial charge in [-0.05, 0) is 0 Å². The first-order chi connectivity index (χ1) is 7.20. The Hall–Kier alpha value is -1.10. The summed E-state index contributed by atoms with van der Waals surface area (Å²) in [6.45, 7) is 6.73. The highest BCUT2D eigenvalue weighted by atomic mass is 16.5. The lowest BCUT2D eigenvalue weighted by Crippen LogP contribution is -2.35. The Morgan fingerprint density at radius 2 is 1.53 bits per heavy atom. The summed E-state index contributed by atoms with van der Waals surface area (Å²) in [5.41, 5.74) is 0. The second-order valence-corrected chi connectivity index (χ2v) is 2.49. The molecule has 90 valence electrons. The average Bonchev–Trinajstić information content (AvgIpc) is 2.27. The SMILES string of the molecule is CC.CCC(=O)NCCNC(=O)COC. The average molecular weight is 218 g/mol. The number of carbonyl (C=O) groups is 2. The molecule has 0 aromatic carbocycles. The third-order valence-electron chi connectivity index (χ3n) is 1.37. The summed E-state index contributed by atoms with van der Waals surface area (Å²) in [5, 5.41) is 5.22. The van der Waals surface area contributed by atoms with E-state index < -0.39 is 0 Å². The van der Waals surface area contributed by atoms with Crippen LogP contribution < -0.4 is 10.6 Å². The van der Waals surface area contributed by atoms with Gasteiger partial charge < -0.3 is 15.4 Å². The zero-order chi connectivity index (χ0) is 12.1. The molecule has 0 saturated heterocycles. The van der Waals surface area contributed by atoms with Gasteiger partial charge in [-0.15, -0.1) is 0 Å². The molecule has 0 fully saturated rings. The first-order valence-corrected chi connectivity index (χ1v) is 5.23. The van der Waals surface area contributed by atoms with E-state index in [9.17, 15) is 9.59 Å². The normalized spacial score (nSPS) is 8.53. The van der Waals surface area contributed by atoms with Crippen LogP contribution in [0.5, 0.6) is 0 Å². The van der Waals surface area contributed by atoms with Crippen LogP contribution in [-0.4, -0.2) is 38.6 Å². The van der Waals surface area contributed by atoms with E-state index in [1.807, 2.05) is 13.8 Å². The Morgan fingerprint density at radius 3 is 1.93 bits per heavy atom. The molecular weight excluding hydrogens is 196 g/mol. The minimum atomic E-state index is -0.173. The molecule has 2 amide bonds. The standard InChI is InChI=1S/C8H16N2O3.C2H6/c1-3-7(11)9-4-5-10-8(12)6-13-2;1-2/h3-6H2,1-2H3,(H,9,11)(H,10,12);1-2H3. The molecule has 15 heavy (non-hydrogen) atoms. The Bertz CT molecular complexity index is 172. The highest BCUT2D eigenvalue weighted by Gasteiger charge is 1.98. The van der Waals surface area contributed by atoms with Gasteiger partial charge in [0.05, 0.1) is 0 Å². The molecule has 0 radical (unpaired) electrons. The van der Waals surface area contributed by atoms with Crippen molar-refractivity contribution in [3.05, 3.63) is 0 Å². The molecule has 0 aliphatic rings. The summed E-state index contributed by atoms with van der Waals surface area (Å²) in [6, 6.07) is 0. The Morgan fingerprint density at radius 1 is 1.07 bits per heavy atom. The van der Waals surface area contributed by atoms with Crippen molar-refractivity contribution in [1.29, 1.82) is 0 Å². The number of rotatable bonds is 6. The monoisotopic (exact) mass is 218 g/mol. The van der Waals surface area contributed by atoms with Crippen molar-refractivity contribution < 1.29 is 14.3 Å². The Kier molecular flexibility index (Phi) is 14.0. The summed E-state index contributed by atoms with van der Waals surface area (Å²) >= 11 is 0. The van der Waals surface area contributed by atoms with Crippen molar-refractivity contribution in [2.24, 2.45) is 0 Å². The number of hydrogen-bond donors (Lipinski definition) is 2. The molecule has 0 atom stereocenters. The molecule has 0 bridgehead atoms. The minimum absolute atomic E-state index is 0.0130. The molecule has 0 aromatic rings. The van der Waals surface area contributed by atoms with E-state index >= 15 is 0 Å². The summed E-state index contributed by atoms with van der Waals surface area (Å²) in [4.78, 5) is 21.5. The maximum absolute atomic E-state index is 10.8. The highest BCUT2D eigenvalue weighted by Crippen LogP contribution is 1.73. The van der Waals surface area contributed by atoms with Gasteiger partial charge in [0, 0.05) is 26.6 Å². The number of ether oxygens (including phenoxy) is 1. The fourth-order valence-electron chi connectivity index (χ4n) is 0.711. The first kappa shape index (κ1) is 16.3. The predicted octanol–water partition coefficient (Wildman–Crippen LogP) is 0.301. The van der Waals surface area contributed by atoms with Crippen LogP contribution in [0.25, 0.3) is 0 Å². The quantitative estimate of drug-likeness (QED) is 0.630. The summed E-state index contributed by atoms with van der Waals surface area (Å²) < 4.78 is 4.60. The molecule has 0 aliphatic heterocycles. The third-order valence-corrected chi connectivity index (χ3v) is 1.37. The number of carbonyl (C=O) groups excluding carboxylic acids is 2. The molecule has 0 spiro atoms. The van der Waals surface area contributed by atoms with Crippen molar-refractivity contribution in [3.8, 4) is 0 Å². The maximum atomic E-state index is 10.8. The Balaban J connectivity index is 0. The second kappa shape index (κ2) is 12.9. The van der Waals surface area contributed by atoms with Gasteiger partial charge in [-0.2, -0.15) is 0 Å². The van der Waals surface area contributed by atoms with E-state index in [0.717, 1.165) is 0 Å². The van der Waals surface area contributed by atoms with E-state index in [4.69, 9.17) is 0 Å². The lowest BCUT2D eigenvalue weighted by atomic mass is 10.4. The van der Waals surface area contributed by atoms with Crippen LogP contribution in [0.2, 0.25) is 0 Å². The molecule has 0 aromatic heterocycles.